The molecule has 2 atom stereocenters. The summed E-state index contributed by atoms with van der Waals surface area (Å²) in [6, 6.07) is 13.1. The van der Waals surface area contributed by atoms with Crippen molar-refractivity contribution in [2.75, 3.05) is 13.7 Å². The highest BCUT2D eigenvalue weighted by Gasteiger charge is 2.27. The number of ether oxygens (including phenoxy) is 1. The minimum absolute atomic E-state index is 0.264. The molecular formula is C16H18BrNO. The van der Waals surface area contributed by atoms with Gasteiger partial charge in [0.1, 0.15) is 0 Å². The van der Waals surface area contributed by atoms with E-state index in [1.165, 1.54) is 16.3 Å². The topological polar surface area (TPSA) is 21.3 Å². The molecule has 1 heterocycles. The van der Waals surface area contributed by atoms with E-state index in [4.69, 9.17) is 4.74 Å². The van der Waals surface area contributed by atoms with Gasteiger partial charge in [0.15, 0.2) is 0 Å². The quantitative estimate of drug-likeness (QED) is 0.921. The van der Waals surface area contributed by atoms with E-state index in [0.29, 0.717) is 0 Å². The Hall–Kier alpha value is -0.900. The lowest BCUT2D eigenvalue weighted by atomic mass is 9.94. The van der Waals surface area contributed by atoms with Gasteiger partial charge in [-0.15, -0.1) is 0 Å². The lowest BCUT2D eigenvalue weighted by Crippen LogP contribution is -2.29. The number of nitrogens with one attached hydrogen (secondary N) is 1. The minimum atomic E-state index is 0.264. The van der Waals surface area contributed by atoms with E-state index in [-0.39, 0.29) is 12.1 Å². The molecule has 0 aliphatic carbocycles. The zero-order valence-electron chi connectivity index (χ0n) is 11.0. The Balaban J connectivity index is 2.10. The third-order valence-electron chi connectivity index (χ3n) is 3.89. The van der Waals surface area contributed by atoms with Crippen molar-refractivity contribution in [2.24, 2.45) is 0 Å². The predicted octanol–water partition coefficient (Wildman–Crippen LogP) is 4.04. The first-order chi connectivity index (χ1) is 9.31. The largest absolute Gasteiger partial charge is 0.376 e. The molecule has 3 heteroatoms. The van der Waals surface area contributed by atoms with Gasteiger partial charge in [0, 0.05) is 11.1 Å². The maximum absolute atomic E-state index is 5.87. The maximum Gasteiger partial charge on any atom is 0.0770 e. The molecule has 2 aromatic rings. The molecule has 2 nitrogen and oxygen atoms in total. The average molecular weight is 320 g/mol. The zero-order valence-corrected chi connectivity index (χ0v) is 12.6. The highest BCUT2D eigenvalue weighted by Crippen LogP contribution is 2.34. The number of likely N-dealkylation sites (N-methyl/N-ethyl adjacent to an activating group) is 1. The van der Waals surface area contributed by atoms with Crippen LogP contribution < -0.4 is 5.32 Å². The van der Waals surface area contributed by atoms with E-state index in [0.717, 1.165) is 23.9 Å². The highest BCUT2D eigenvalue weighted by atomic mass is 79.9. The number of hydrogen-bond acceptors (Lipinski definition) is 2. The van der Waals surface area contributed by atoms with Crippen molar-refractivity contribution < 1.29 is 4.74 Å². The monoisotopic (exact) mass is 319 g/mol. The molecule has 0 bridgehead atoms. The Labute approximate surface area is 122 Å². The van der Waals surface area contributed by atoms with Crippen LogP contribution in [-0.4, -0.2) is 19.8 Å². The van der Waals surface area contributed by atoms with Gasteiger partial charge in [0.2, 0.25) is 0 Å². The minimum Gasteiger partial charge on any atom is -0.376 e. The first-order valence-electron chi connectivity index (χ1n) is 6.77. The molecule has 19 heavy (non-hydrogen) atoms. The molecule has 1 aliphatic heterocycles. The smallest absolute Gasteiger partial charge is 0.0770 e. The first kappa shape index (κ1) is 13.1. The molecule has 1 N–H and O–H groups in total. The molecule has 3 rings (SSSR count). The molecule has 0 radical (unpaired) electrons. The Morgan fingerprint density at radius 2 is 2.00 bits per heavy atom. The van der Waals surface area contributed by atoms with Crippen LogP contribution in [0.5, 0.6) is 0 Å². The lowest BCUT2D eigenvalue weighted by Gasteiger charge is -2.24. The van der Waals surface area contributed by atoms with Crippen molar-refractivity contribution in [1.82, 2.24) is 5.32 Å². The van der Waals surface area contributed by atoms with Crippen LogP contribution in [-0.2, 0) is 4.74 Å². The second-order valence-electron chi connectivity index (χ2n) is 5.00. The van der Waals surface area contributed by atoms with Crippen molar-refractivity contribution in [3.05, 3.63) is 46.4 Å². The van der Waals surface area contributed by atoms with Crippen LogP contribution in [0.15, 0.2) is 40.9 Å². The van der Waals surface area contributed by atoms with Gasteiger partial charge >= 0.3 is 0 Å². The Morgan fingerprint density at radius 1 is 1.21 bits per heavy atom. The molecule has 1 aliphatic rings. The molecule has 100 valence electrons. The number of fused-ring (bicyclic) bond motifs is 1. The van der Waals surface area contributed by atoms with E-state index in [1.54, 1.807) is 0 Å². The summed E-state index contributed by atoms with van der Waals surface area (Å²) in [4.78, 5) is 0. The van der Waals surface area contributed by atoms with Crippen LogP contribution in [0.3, 0.4) is 0 Å². The molecular weight excluding hydrogens is 302 g/mol. The highest BCUT2D eigenvalue weighted by molar-refractivity contribution is 9.10. The van der Waals surface area contributed by atoms with Gasteiger partial charge in [0.05, 0.1) is 12.1 Å². The van der Waals surface area contributed by atoms with Crippen molar-refractivity contribution in [2.45, 2.75) is 25.0 Å². The Bertz CT molecular complexity index is 578. The number of halogens is 1. The SMILES string of the molecule is CNC(c1ccc(Br)c2ccccc12)C1CCCO1. The van der Waals surface area contributed by atoms with Gasteiger partial charge < -0.3 is 10.1 Å². The van der Waals surface area contributed by atoms with Gasteiger partial charge in [-0.25, -0.2) is 0 Å². The summed E-state index contributed by atoms with van der Waals surface area (Å²) in [6.45, 7) is 0.886. The van der Waals surface area contributed by atoms with Crippen LogP contribution in [0.1, 0.15) is 24.4 Å². The van der Waals surface area contributed by atoms with E-state index < -0.39 is 0 Å². The Kier molecular flexibility index (Phi) is 3.87. The van der Waals surface area contributed by atoms with Gasteiger partial charge in [-0.05, 0) is 42.3 Å². The van der Waals surface area contributed by atoms with Gasteiger partial charge in [-0.3, -0.25) is 0 Å². The average Bonchev–Trinajstić information content (AvgIpc) is 2.96. The van der Waals surface area contributed by atoms with Gasteiger partial charge in [-0.2, -0.15) is 0 Å². The molecule has 0 aromatic heterocycles. The second kappa shape index (κ2) is 5.61. The van der Waals surface area contributed by atoms with Crippen molar-refractivity contribution in [3.63, 3.8) is 0 Å². The summed E-state index contributed by atoms with van der Waals surface area (Å²) in [5.74, 6) is 0. The third-order valence-corrected chi connectivity index (χ3v) is 4.58. The van der Waals surface area contributed by atoms with Crippen molar-refractivity contribution >= 4 is 26.7 Å². The molecule has 2 aromatic carbocycles. The molecule has 0 spiro atoms. The maximum atomic E-state index is 5.87. The standard InChI is InChI=1S/C16H18BrNO/c1-18-16(15-7-4-10-19-15)13-8-9-14(17)12-6-3-2-5-11(12)13/h2-3,5-6,8-9,15-16,18H,4,7,10H2,1H3. The van der Waals surface area contributed by atoms with Crippen LogP contribution >= 0.6 is 15.9 Å². The normalized spacial score (nSPS) is 20.8. The van der Waals surface area contributed by atoms with Crippen molar-refractivity contribution in [1.29, 1.82) is 0 Å². The van der Waals surface area contributed by atoms with E-state index in [9.17, 15) is 0 Å². The fourth-order valence-corrected chi connectivity index (χ4v) is 3.44. The van der Waals surface area contributed by atoms with Gasteiger partial charge in [0.25, 0.3) is 0 Å². The van der Waals surface area contributed by atoms with Gasteiger partial charge in [-0.1, -0.05) is 46.3 Å². The summed E-state index contributed by atoms with van der Waals surface area (Å²) in [6.07, 6.45) is 2.59. The van der Waals surface area contributed by atoms with E-state index >= 15 is 0 Å². The lowest BCUT2D eigenvalue weighted by molar-refractivity contribution is 0.0812. The summed E-state index contributed by atoms with van der Waals surface area (Å²) in [5.41, 5.74) is 1.33. The summed E-state index contributed by atoms with van der Waals surface area (Å²) in [7, 11) is 2.02. The third kappa shape index (κ3) is 2.42. The fourth-order valence-electron chi connectivity index (χ4n) is 2.96. The summed E-state index contributed by atoms with van der Waals surface area (Å²) in [5, 5.41) is 5.99. The fraction of sp³-hybridized carbons (Fsp3) is 0.375. The van der Waals surface area contributed by atoms with E-state index in [2.05, 4.69) is 57.6 Å². The molecule has 0 amide bonds. The molecule has 2 unspecified atom stereocenters. The van der Waals surface area contributed by atoms with Crippen LogP contribution in [0.4, 0.5) is 0 Å². The van der Waals surface area contributed by atoms with Crippen molar-refractivity contribution in [3.8, 4) is 0 Å². The molecule has 1 fully saturated rings. The summed E-state index contributed by atoms with van der Waals surface area (Å²) < 4.78 is 7.01. The predicted molar refractivity (Wildman–Crippen MR) is 82.4 cm³/mol. The van der Waals surface area contributed by atoms with Crippen LogP contribution in [0.2, 0.25) is 0 Å². The van der Waals surface area contributed by atoms with Crippen LogP contribution in [0, 0.1) is 0 Å². The molecule has 1 saturated heterocycles. The number of rotatable bonds is 3. The van der Waals surface area contributed by atoms with Crippen LogP contribution in [0.25, 0.3) is 10.8 Å². The zero-order chi connectivity index (χ0) is 13.2. The number of benzene rings is 2. The van der Waals surface area contributed by atoms with E-state index in [1.807, 2.05) is 7.05 Å². The number of hydrogen-bond donors (Lipinski definition) is 1. The Morgan fingerprint density at radius 3 is 2.68 bits per heavy atom. The first-order valence-corrected chi connectivity index (χ1v) is 7.56. The second-order valence-corrected chi connectivity index (χ2v) is 5.85. The summed E-state index contributed by atoms with van der Waals surface area (Å²) >= 11 is 3.63. The molecule has 0 saturated carbocycles.